The van der Waals surface area contributed by atoms with Gasteiger partial charge in [0, 0.05) is 5.02 Å². The van der Waals surface area contributed by atoms with Gasteiger partial charge in [-0.2, -0.15) is 0 Å². The maximum atomic E-state index is 12.3. The van der Waals surface area contributed by atoms with Crippen LogP contribution in [-0.4, -0.2) is 18.5 Å². The first-order chi connectivity index (χ1) is 9.08. The van der Waals surface area contributed by atoms with E-state index in [9.17, 15) is 4.79 Å². The Morgan fingerprint density at radius 1 is 1.42 bits per heavy atom. The fourth-order valence-electron chi connectivity index (χ4n) is 2.54. The summed E-state index contributed by atoms with van der Waals surface area (Å²) in [4.78, 5) is 12.3. The third kappa shape index (κ3) is 3.71. The molecule has 1 aliphatic heterocycles. The quantitative estimate of drug-likeness (QED) is 0.894. The molecule has 0 saturated carbocycles. The van der Waals surface area contributed by atoms with E-state index >= 15 is 0 Å². The van der Waals surface area contributed by atoms with Crippen LogP contribution < -0.4 is 10.6 Å². The normalized spacial score (nSPS) is 24.8. The van der Waals surface area contributed by atoms with Gasteiger partial charge in [0.2, 0.25) is 5.91 Å². The number of carbonyl (C=O) groups excluding carboxylic acids is 1. The Bertz CT molecular complexity index is 432. The Balaban J connectivity index is 1.96. The van der Waals surface area contributed by atoms with Crippen molar-refractivity contribution in [2.24, 2.45) is 5.92 Å². The van der Waals surface area contributed by atoms with E-state index in [-0.39, 0.29) is 18.0 Å². The molecule has 3 nitrogen and oxygen atoms in total. The van der Waals surface area contributed by atoms with E-state index in [1.165, 1.54) is 0 Å². The third-order valence-electron chi connectivity index (χ3n) is 3.78. The minimum absolute atomic E-state index is 0.000642. The zero-order valence-electron chi connectivity index (χ0n) is 11.4. The fraction of sp³-hybridized carbons (Fsp3) is 0.533. The van der Waals surface area contributed by atoms with E-state index in [0.29, 0.717) is 10.9 Å². The molecule has 1 aliphatic rings. The van der Waals surface area contributed by atoms with Crippen LogP contribution in [-0.2, 0) is 4.79 Å². The van der Waals surface area contributed by atoms with Crippen molar-refractivity contribution in [2.45, 2.75) is 38.8 Å². The molecule has 1 heterocycles. The van der Waals surface area contributed by atoms with E-state index in [0.717, 1.165) is 24.9 Å². The molecule has 3 unspecified atom stereocenters. The summed E-state index contributed by atoms with van der Waals surface area (Å²) in [6, 6.07) is 7.53. The van der Waals surface area contributed by atoms with Gasteiger partial charge in [-0.25, -0.2) is 0 Å². The Hall–Kier alpha value is -1.06. The topological polar surface area (TPSA) is 41.1 Å². The SMILES string of the molecule is CC(NC(=O)C1NCCCC1C)c1ccc(Cl)cc1. The number of amides is 1. The Morgan fingerprint density at radius 3 is 2.74 bits per heavy atom. The van der Waals surface area contributed by atoms with Crippen LogP contribution in [0.1, 0.15) is 38.3 Å². The van der Waals surface area contributed by atoms with Crippen LogP contribution in [0, 0.1) is 5.92 Å². The summed E-state index contributed by atoms with van der Waals surface area (Å²) in [6.45, 7) is 5.05. The molecule has 104 valence electrons. The lowest BCUT2D eigenvalue weighted by Crippen LogP contribution is -2.51. The predicted molar refractivity (Wildman–Crippen MR) is 78.2 cm³/mol. The molecule has 0 spiro atoms. The molecule has 19 heavy (non-hydrogen) atoms. The molecule has 1 aromatic rings. The van der Waals surface area contributed by atoms with Gasteiger partial charge >= 0.3 is 0 Å². The van der Waals surface area contributed by atoms with Gasteiger partial charge in [-0.1, -0.05) is 30.7 Å². The zero-order chi connectivity index (χ0) is 13.8. The largest absolute Gasteiger partial charge is 0.348 e. The van der Waals surface area contributed by atoms with Crippen LogP contribution in [0.3, 0.4) is 0 Å². The summed E-state index contributed by atoms with van der Waals surface area (Å²) in [5.74, 6) is 0.487. The number of carbonyl (C=O) groups is 1. The van der Waals surface area contributed by atoms with Crippen molar-refractivity contribution in [1.82, 2.24) is 10.6 Å². The number of piperidine rings is 1. The Morgan fingerprint density at radius 2 is 2.11 bits per heavy atom. The molecule has 0 aromatic heterocycles. The minimum atomic E-state index is -0.0662. The third-order valence-corrected chi connectivity index (χ3v) is 4.03. The molecule has 2 N–H and O–H groups in total. The number of nitrogens with one attached hydrogen (secondary N) is 2. The highest BCUT2D eigenvalue weighted by Crippen LogP contribution is 2.19. The highest BCUT2D eigenvalue weighted by Gasteiger charge is 2.28. The number of halogens is 1. The average molecular weight is 281 g/mol. The maximum absolute atomic E-state index is 12.3. The zero-order valence-corrected chi connectivity index (χ0v) is 12.2. The molecule has 4 heteroatoms. The minimum Gasteiger partial charge on any atom is -0.348 e. The monoisotopic (exact) mass is 280 g/mol. The Labute approximate surface area is 119 Å². The summed E-state index contributed by atoms with van der Waals surface area (Å²) in [5.41, 5.74) is 1.07. The number of rotatable bonds is 3. The van der Waals surface area contributed by atoms with E-state index in [4.69, 9.17) is 11.6 Å². The molecular formula is C15H21ClN2O. The summed E-state index contributed by atoms with van der Waals surface area (Å²) in [6.07, 6.45) is 2.26. The molecule has 0 bridgehead atoms. The van der Waals surface area contributed by atoms with Crippen LogP contribution >= 0.6 is 11.6 Å². The molecule has 0 aliphatic carbocycles. The summed E-state index contributed by atoms with van der Waals surface area (Å²) < 4.78 is 0. The second-order valence-electron chi connectivity index (χ2n) is 5.33. The second-order valence-corrected chi connectivity index (χ2v) is 5.77. The highest BCUT2D eigenvalue weighted by atomic mass is 35.5. The maximum Gasteiger partial charge on any atom is 0.237 e. The van der Waals surface area contributed by atoms with Crippen LogP contribution in [0.2, 0.25) is 5.02 Å². The van der Waals surface area contributed by atoms with Gasteiger partial charge in [0.15, 0.2) is 0 Å². The van der Waals surface area contributed by atoms with Crippen LogP contribution in [0.15, 0.2) is 24.3 Å². The number of hydrogen-bond donors (Lipinski definition) is 2. The van der Waals surface area contributed by atoms with E-state index < -0.39 is 0 Å². The van der Waals surface area contributed by atoms with Crippen LogP contribution in [0.5, 0.6) is 0 Å². The van der Waals surface area contributed by atoms with Gasteiger partial charge < -0.3 is 10.6 Å². The molecule has 1 saturated heterocycles. The van der Waals surface area contributed by atoms with Gasteiger partial charge in [-0.15, -0.1) is 0 Å². The van der Waals surface area contributed by atoms with Crippen molar-refractivity contribution in [3.8, 4) is 0 Å². The molecular weight excluding hydrogens is 260 g/mol. The lowest BCUT2D eigenvalue weighted by atomic mass is 9.92. The second kappa shape index (κ2) is 6.40. The standard InChI is InChI=1S/C15H21ClN2O/c1-10-4-3-9-17-14(10)15(19)18-11(2)12-5-7-13(16)8-6-12/h5-8,10-11,14,17H,3-4,9H2,1-2H3,(H,18,19). The smallest absolute Gasteiger partial charge is 0.237 e. The first kappa shape index (κ1) is 14.4. The van der Waals surface area contributed by atoms with Gasteiger partial charge in [0.1, 0.15) is 0 Å². The number of hydrogen-bond acceptors (Lipinski definition) is 2. The van der Waals surface area contributed by atoms with Crippen molar-refractivity contribution in [3.63, 3.8) is 0 Å². The van der Waals surface area contributed by atoms with E-state index in [2.05, 4.69) is 17.6 Å². The molecule has 2 rings (SSSR count). The lowest BCUT2D eigenvalue weighted by Gasteiger charge is -2.30. The highest BCUT2D eigenvalue weighted by molar-refractivity contribution is 6.30. The first-order valence-corrected chi connectivity index (χ1v) is 7.25. The fourth-order valence-corrected chi connectivity index (χ4v) is 2.66. The first-order valence-electron chi connectivity index (χ1n) is 6.87. The molecule has 1 aromatic carbocycles. The average Bonchev–Trinajstić information content (AvgIpc) is 2.39. The number of benzene rings is 1. The van der Waals surface area contributed by atoms with Crippen molar-refractivity contribution < 1.29 is 4.79 Å². The van der Waals surface area contributed by atoms with Crippen LogP contribution in [0.25, 0.3) is 0 Å². The lowest BCUT2D eigenvalue weighted by molar-refractivity contribution is -0.125. The molecule has 3 atom stereocenters. The van der Waals surface area contributed by atoms with Crippen molar-refractivity contribution >= 4 is 17.5 Å². The van der Waals surface area contributed by atoms with Gasteiger partial charge in [0.25, 0.3) is 0 Å². The van der Waals surface area contributed by atoms with Crippen molar-refractivity contribution in [2.75, 3.05) is 6.54 Å². The molecule has 0 radical (unpaired) electrons. The summed E-state index contributed by atoms with van der Waals surface area (Å²) in [5, 5.41) is 7.09. The van der Waals surface area contributed by atoms with Crippen molar-refractivity contribution in [1.29, 1.82) is 0 Å². The van der Waals surface area contributed by atoms with Gasteiger partial charge in [-0.3, -0.25) is 4.79 Å². The summed E-state index contributed by atoms with van der Waals surface area (Å²) >= 11 is 5.87. The van der Waals surface area contributed by atoms with Gasteiger partial charge in [-0.05, 0) is 49.9 Å². The summed E-state index contributed by atoms with van der Waals surface area (Å²) in [7, 11) is 0. The van der Waals surface area contributed by atoms with Crippen molar-refractivity contribution in [3.05, 3.63) is 34.9 Å². The van der Waals surface area contributed by atoms with Crippen LogP contribution in [0.4, 0.5) is 0 Å². The molecule has 1 fully saturated rings. The Kier molecular flexibility index (Phi) is 4.83. The van der Waals surface area contributed by atoms with E-state index in [1.807, 2.05) is 31.2 Å². The predicted octanol–water partition coefficient (Wildman–Crippen LogP) is 2.91. The van der Waals surface area contributed by atoms with Gasteiger partial charge in [0.05, 0.1) is 12.1 Å². The molecule has 1 amide bonds. The van der Waals surface area contributed by atoms with E-state index in [1.54, 1.807) is 0 Å².